The van der Waals surface area contributed by atoms with Crippen LogP contribution in [-0.4, -0.2) is 0 Å². The summed E-state index contributed by atoms with van der Waals surface area (Å²) >= 11 is 0. The molecule has 0 heteroatoms. The zero-order valence-electron chi connectivity index (χ0n) is 17.2. The fraction of sp³-hybridized carbons (Fsp3) is 0.619. The Kier molecular flexibility index (Phi) is 47.9. The van der Waals surface area contributed by atoms with E-state index in [0.29, 0.717) is 5.92 Å². The van der Waals surface area contributed by atoms with Gasteiger partial charge in [-0.05, 0) is 40.5 Å². The van der Waals surface area contributed by atoms with Crippen LogP contribution in [0.25, 0.3) is 0 Å². The summed E-state index contributed by atoms with van der Waals surface area (Å²) in [5, 5.41) is 0. The molecule has 0 N–H and O–H groups in total. The smallest absolute Gasteiger partial charge is 0.00265 e. The Morgan fingerprint density at radius 3 is 1.29 bits per heavy atom. The van der Waals surface area contributed by atoms with Crippen LogP contribution in [0.1, 0.15) is 83.1 Å². The summed E-state index contributed by atoms with van der Waals surface area (Å²) < 4.78 is 0. The third kappa shape index (κ3) is 45.4. The van der Waals surface area contributed by atoms with Crippen LogP contribution in [0.3, 0.4) is 0 Å². The van der Waals surface area contributed by atoms with Gasteiger partial charge in [0.15, 0.2) is 0 Å². The molecule has 1 unspecified atom stereocenters. The van der Waals surface area contributed by atoms with Gasteiger partial charge in [-0.1, -0.05) is 90.0 Å². The minimum absolute atomic E-state index is 0.506. The Labute approximate surface area is 137 Å². The molecule has 0 bridgehead atoms. The van der Waals surface area contributed by atoms with Crippen molar-refractivity contribution in [2.75, 3.05) is 0 Å². The van der Waals surface area contributed by atoms with E-state index in [2.05, 4.69) is 46.1 Å². The monoisotopic (exact) mass is 296 g/mol. The summed E-state index contributed by atoms with van der Waals surface area (Å²) in [7, 11) is 0. The summed E-state index contributed by atoms with van der Waals surface area (Å²) in [6.45, 7) is 31.8. The van der Waals surface area contributed by atoms with Gasteiger partial charge in [-0.2, -0.15) is 0 Å². The molecule has 0 aliphatic heterocycles. The van der Waals surface area contributed by atoms with Crippen LogP contribution in [0.2, 0.25) is 0 Å². The average Bonchev–Trinajstić information content (AvgIpc) is 2.49. The molecule has 0 aromatic heterocycles. The van der Waals surface area contributed by atoms with Crippen molar-refractivity contribution in [2.24, 2.45) is 5.92 Å². The predicted octanol–water partition coefficient (Wildman–Crippen LogP) is 8.38. The lowest BCUT2D eigenvalue weighted by atomic mass is 9.96. The van der Waals surface area contributed by atoms with Gasteiger partial charge in [-0.25, -0.2) is 0 Å². The zero-order valence-corrected chi connectivity index (χ0v) is 17.2. The lowest BCUT2D eigenvalue weighted by Gasteiger charge is -2.10. The van der Waals surface area contributed by atoms with Gasteiger partial charge in [0.25, 0.3) is 0 Å². The van der Waals surface area contributed by atoms with Gasteiger partial charge in [-0.15, -0.1) is 6.58 Å². The van der Waals surface area contributed by atoms with E-state index in [1.807, 2.05) is 68.4 Å². The molecule has 0 rings (SSSR count). The molecular weight excluding hydrogens is 252 g/mol. The van der Waals surface area contributed by atoms with Gasteiger partial charge in [0, 0.05) is 0 Å². The van der Waals surface area contributed by atoms with Crippen molar-refractivity contribution >= 4 is 0 Å². The largest absolute Gasteiger partial charge is 0.100 e. The third-order valence-corrected chi connectivity index (χ3v) is 1.97. The van der Waals surface area contributed by atoms with Crippen LogP contribution in [0, 0.1) is 5.92 Å². The van der Waals surface area contributed by atoms with Crippen LogP contribution in [0.15, 0.2) is 48.1 Å². The number of hydrogen-bond donors (Lipinski definition) is 0. The molecule has 21 heavy (non-hydrogen) atoms. The molecule has 1 atom stereocenters. The van der Waals surface area contributed by atoms with E-state index < -0.39 is 0 Å². The number of rotatable bonds is 3. The Hall–Kier alpha value is -1.04. The van der Waals surface area contributed by atoms with E-state index >= 15 is 0 Å². The Morgan fingerprint density at radius 1 is 0.810 bits per heavy atom. The van der Waals surface area contributed by atoms with Crippen LogP contribution in [0.5, 0.6) is 0 Å². The first-order valence-corrected chi connectivity index (χ1v) is 8.39. The normalized spacial score (nSPS) is 10.2. The molecule has 0 aromatic rings. The topological polar surface area (TPSA) is 0 Å². The van der Waals surface area contributed by atoms with Gasteiger partial charge in [0.2, 0.25) is 0 Å². The van der Waals surface area contributed by atoms with Gasteiger partial charge < -0.3 is 0 Å². The molecule has 0 radical (unpaired) electrons. The fourth-order valence-corrected chi connectivity index (χ4v) is 0.781. The highest BCUT2D eigenvalue weighted by atomic mass is 14.1. The van der Waals surface area contributed by atoms with Crippen LogP contribution in [-0.2, 0) is 0 Å². The average molecular weight is 297 g/mol. The second-order valence-electron chi connectivity index (χ2n) is 4.21. The lowest BCUT2D eigenvalue weighted by molar-refractivity contribution is 0.804. The molecule has 0 nitrogen and oxygen atoms in total. The molecule has 0 fully saturated rings. The first kappa shape index (κ1) is 32.1. The Morgan fingerprint density at radius 2 is 1.10 bits per heavy atom. The van der Waals surface area contributed by atoms with Gasteiger partial charge in [-0.3, -0.25) is 0 Å². The molecule has 0 spiro atoms. The highest BCUT2D eigenvalue weighted by Gasteiger charge is 2.02. The van der Waals surface area contributed by atoms with Crippen LogP contribution < -0.4 is 0 Å². The summed E-state index contributed by atoms with van der Waals surface area (Å²) in [6.07, 6.45) is 6.24. The van der Waals surface area contributed by atoms with E-state index in [4.69, 9.17) is 0 Å². The maximum Gasteiger partial charge on any atom is -0.00265 e. The molecule has 0 saturated carbocycles. The zero-order chi connectivity index (χ0) is 18.4. The van der Waals surface area contributed by atoms with E-state index in [0.717, 1.165) is 0 Å². The molecule has 0 amide bonds. The van der Waals surface area contributed by atoms with Crippen molar-refractivity contribution < 1.29 is 0 Å². The van der Waals surface area contributed by atoms with Crippen molar-refractivity contribution in [1.82, 2.24) is 0 Å². The molecule has 128 valence electrons. The minimum Gasteiger partial charge on any atom is -0.100 e. The number of hydrogen-bond acceptors (Lipinski definition) is 0. The predicted molar refractivity (Wildman–Crippen MR) is 107 cm³/mol. The van der Waals surface area contributed by atoms with Gasteiger partial charge in [0.1, 0.15) is 0 Å². The molecule has 0 saturated heterocycles. The van der Waals surface area contributed by atoms with Crippen molar-refractivity contribution in [3.05, 3.63) is 48.1 Å². The molecule has 0 aliphatic carbocycles. The Bertz CT molecular complexity index is 247. The minimum atomic E-state index is 0.506. The van der Waals surface area contributed by atoms with Crippen LogP contribution >= 0.6 is 0 Å². The fourth-order valence-electron chi connectivity index (χ4n) is 0.781. The summed E-state index contributed by atoms with van der Waals surface area (Å²) in [4.78, 5) is 0. The van der Waals surface area contributed by atoms with Crippen molar-refractivity contribution in [2.45, 2.75) is 83.1 Å². The first-order valence-electron chi connectivity index (χ1n) is 8.39. The van der Waals surface area contributed by atoms with Crippen molar-refractivity contribution in [3.8, 4) is 0 Å². The third-order valence-electron chi connectivity index (χ3n) is 1.97. The summed E-state index contributed by atoms with van der Waals surface area (Å²) in [5.41, 5.74) is 3.76. The van der Waals surface area contributed by atoms with E-state index in [9.17, 15) is 0 Å². The molecular formula is C21H44. The van der Waals surface area contributed by atoms with E-state index in [1.165, 1.54) is 16.7 Å². The van der Waals surface area contributed by atoms with Crippen molar-refractivity contribution in [3.63, 3.8) is 0 Å². The quantitative estimate of drug-likeness (QED) is 0.362. The van der Waals surface area contributed by atoms with Crippen LogP contribution in [0.4, 0.5) is 0 Å². The van der Waals surface area contributed by atoms with E-state index in [1.54, 1.807) is 0 Å². The molecule has 0 aromatic carbocycles. The van der Waals surface area contributed by atoms with Gasteiger partial charge >= 0.3 is 0 Å². The maximum atomic E-state index is 3.92. The second kappa shape index (κ2) is 31.4. The Balaban J connectivity index is -0.0000000712. The maximum absolute atomic E-state index is 3.92. The highest BCUT2D eigenvalue weighted by Crippen LogP contribution is 2.16. The second-order valence-corrected chi connectivity index (χ2v) is 4.21. The SMILES string of the molecule is C=C(C)C.C=C(C)C(C)/C(C)=C/C=C\C.CC.CC.CC. The first-order chi connectivity index (χ1) is 9.82. The summed E-state index contributed by atoms with van der Waals surface area (Å²) in [6, 6.07) is 0. The highest BCUT2D eigenvalue weighted by molar-refractivity contribution is 5.19. The van der Waals surface area contributed by atoms with Gasteiger partial charge in [0.05, 0.1) is 0 Å². The standard InChI is InChI=1S/C11H18.C4H8.3C2H6/c1-6-7-8-10(4)11(5)9(2)3;1-4(2)3;3*1-2/h6-8,11H,2H2,1,3-5H3;1H2,2-3H3;3*1-2H3/b7-6-,10-8+;;;;. The van der Waals surface area contributed by atoms with Crippen molar-refractivity contribution in [1.29, 1.82) is 0 Å². The number of allylic oxidation sites excluding steroid dienone is 6. The summed E-state index contributed by atoms with van der Waals surface area (Å²) in [5.74, 6) is 0.506. The molecule has 0 aliphatic rings. The lowest BCUT2D eigenvalue weighted by Crippen LogP contribution is -1.95. The molecule has 0 heterocycles. The van der Waals surface area contributed by atoms with E-state index in [-0.39, 0.29) is 0 Å².